The van der Waals surface area contributed by atoms with E-state index in [1.807, 2.05) is 30.6 Å². The minimum Gasteiger partial charge on any atom is -0.353 e. The third kappa shape index (κ3) is 2.63. The minimum absolute atomic E-state index is 0.866. The van der Waals surface area contributed by atoms with Crippen LogP contribution in [0.3, 0.4) is 0 Å². The largest absolute Gasteiger partial charge is 0.353 e. The van der Waals surface area contributed by atoms with Gasteiger partial charge in [-0.25, -0.2) is 0 Å². The third-order valence-corrected chi connectivity index (χ3v) is 5.70. The van der Waals surface area contributed by atoms with Crippen molar-refractivity contribution in [2.24, 2.45) is 0 Å². The normalized spacial score (nSPS) is 11.4. The summed E-state index contributed by atoms with van der Waals surface area (Å²) in [6.07, 6.45) is 7.20. The Kier molecular flexibility index (Phi) is 3.54. The van der Waals surface area contributed by atoms with Crippen LogP contribution in [0.2, 0.25) is 0 Å². The molecular formula is C22H14N6S. The molecule has 29 heavy (non-hydrogen) atoms. The summed E-state index contributed by atoms with van der Waals surface area (Å²) in [7, 11) is 0. The fourth-order valence-corrected chi connectivity index (χ4v) is 4.25. The van der Waals surface area contributed by atoms with Gasteiger partial charge in [-0.15, -0.1) is 0 Å². The van der Waals surface area contributed by atoms with Crippen LogP contribution in [0.4, 0.5) is 0 Å². The van der Waals surface area contributed by atoms with Crippen LogP contribution < -0.4 is 0 Å². The molecule has 6 aromatic heterocycles. The van der Waals surface area contributed by atoms with Gasteiger partial charge < -0.3 is 4.98 Å². The maximum atomic E-state index is 4.60. The van der Waals surface area contributed by atoms with Gasteiger partial charge in [-0.1, -0.05) is 0 Å². The summed E-state index contributed by atoms with van der Waals surface area (Å²) in [5.41, 5.74) is 7.76. The zero-order chi connectivity index (χ0) is 19.2. The molecule has 6 aromatic rings. The van der Waals surface area contributed by atoms with Crippen molar-refractivity contribution in [3.8, 4) is 33.9 Å². The number of aromatic amines is 2. The molecule has 0 fully saturated rings. The van der Waals surface area contributed by atoms with E-state index in [1.54, 1.807) is 23.7 Å². The predicted octanol–water partition coefficient (Wildman–Crippen LogP) is 5.29. The molecule has 6 nitrogen and oxygen atoms in total. The average molecular weight is 394 g/mol. The number of rotatable bonds is 3. The van der Waals surface area contributed by atoms with Crippen LogP contribution in [-0.2, 0) is 0 Å². The molecule has 0 unspecified atom stereocenters. The van der Waals surface area contributed by atoms with Gasteiger partial charge in [0, 0.05) is 51.4 Å². The van der Waals surface area contributed by atoms with Crippen molar-refractivity contribution < 1.29 is 0 Å². The maximum absolute atomic E-state index is 4.60. The number of fused-ring (bicyclic) bond motifs is 2. The van der Waals surface area contributed by atoms with Crippen LogP contribution in [0, 0.1) is 0 Å². The van der Waals surface area contributed by atoms with Gasteiger partial charge in [0.1, 0.15) is 5.69 Å². The number of nitrogens with zero attached hydrogens (tertiary/aromatic N) is 4. The Hall–Kier alpha value is -3.84. The predicted molar refractivity (Wildman–Crippen MR) is 116 cm³/mol. The molecule has 0 aliphatic heterocycles. The average Bonchev–Trinajstić information content (AvgIpc) is 3.52. The van der Waals surface area contributed by atoms with Crippen molar-refractivity contribution in [1.29, 1.82) is 0 Å². The summed E-state index contributed by atoms with van der Waals surface area (Å²) in [6.45, 7) is 0. The molecule has 6 heterocycles. The number of hydrogen-bond donors (Lipinski definition) is 2. The molecule has 0 spiro atoms. The van der Waals surface area contributed by atoms with Gasteiger partial charge in [0.15, 0.2) is 0 Å². The van der Waals surface area contributed by atoms with Crippen molar-refractivity contribution >= 4 is 33.1 Å². The minimum atomic E-state index is 0.866. The smallest absolute Gasteiger partial charge is 0.116 e. The molecule has 0 saturated heterocycles. The lowest BCUT2D eigenvalue weighted by molar-refractivity contribution is 1.11. The zero-order valence-corrected chi connectivity index (χ0v) is 15.9. The Morgan fingerprint density at radius 1 is 0.793 bits per heavy atom. The van der Waals surface area contributed by atoms with Crippen LogP contribution in [0.5, 0.6) is 0 Å². The lowest BCUT2D eigenvalue weighted by Gasteiger charge is -2.00. The van der Waals surface area contributed by atoms with Crippen molar-refractivity contribution in [1.82, 2.24) is 30.1 Å². The lowest BCUT2D eigenvalue weighted by atomic mass is 10.1. The molecule has 0 saturated carbocycles. The maximum Gasteiger partial charge on any atom is 0.116 e. The summed E-state index contributed by atoms with van der Waals surface area (Å²) in [6, 6.07) is 12.2. The SMILES string of the molecule is c1cc(-c2cc3c(-c4cc5c(-c6ccsc6)nccc5[nH]4)n[nH]c3cn2)ccn1. The second kappa shape index (κ2) is 6.35. The zero-order valence-electron chi connectivity index (χ0n) is 15.1. The van der Waals surface area contributed by atoms with Crippen molar-refractivity contribution in [2.75, 3.05) is 0 Å². The highest BCUT2D eigenvalue weighted by Crippen LogP contribution is 2.34. The molecule has 0 amide bonds. The highest BCUT2D eigenvalue weighted by atomic mass is 32.1. The Bertz CT molecular complexity index is 1450. The van der Waals surface area contributed by atoms with Crippen LogP contribution in [0.1, 0.15) is 0 Å². The fourth-order valence-electron chi connectivity index (χ4n) is 3.61. The van der Waals surface area contributed by atoms with Crippen LogP contribution in [0.25, 0.3) is 55.7 Å². The monoisotopic (exact) mass is 394 g/mol. The van der Waals surface area contributed by atoms with E-state index in [0.29, 0.717) is 0 Å². The summed E-state index contributed by atoms with van der Waals surface area (Å²) >= 11 is 1.67. The number of thiophene rings is 1. The topological polar surface area (TPSA) is 83.1 Å². The summed E-state index contributed by atoms with van der Waals surface area (Å²) in [5.74, 6) is 0. The van der Waals surface area contributed by atoms with E-state index in [2.05, 4.69) is 59.1 Å². The van der Waals surface area contributed by atoms with Gasteiger partial charge >= 0.3 is 0 Å². The Morgan fingerprint density at radius 3 is 2.55 bits per heavy atom. The van der Waals surface area contributed by atoms with E-state index >= 15 is 0 Å². The van der Waals surface area contributed by atoms with Crippen molar-refractivity contribution in [2.45, 2.75) is 0 Å². The Labute approximate surface area is 169 Å². The van der Waals surface area contributed by atoms with Crippen molar-refractivity contribution in [3.63, 3.8) is 0 Å². The van der Waals surface area contributed by atoms with E-state index in [1.165, 1.54) is 0 Å². The van der Waals surface area contributed by atoms with Gasteiger partial charge in [-0.05, 0) is 41.8 Å². The first-order chi connectivity index (χ1) is 14.4. The number of hydrogen-bond acceptors (Lipinski definition) is 5. The number of aromatic nitrogens is 6. The fraction of sp³-hybridized carbons (Fsp3) is 0. The van der Waals surface area contributed by atoms with Gasteiger partial charge in [0.2, 0.25) is 0 Å². The van der Waals surface area contributed by atoms with Gasteiger partial charge in [-0.3, -0.25) is 20.1 Å². The summed E-state index contributed by atoms with van der Waals surface area (Å²) in [4.78, 5) is 16.7. The van der Waals surface area contributed by atoms with E-state index in [0.717, 1.165) is 55.7 Å². The van der Waals surface area contributed by atoms with E-state index in [4.69, 9.17) is 0 Å². The second-order valence-electron chi connectivity index (χ2n) is 6.74. The van der Waals surface area contributed by atoms with Gasteiger partial charge in [0.05, 0.1) is 28.8 Å². The first-order valence-corrected chi connectivity index (χ1v) is 10.1. The molecule has 2 N–H and O–H groups in total. The molecule has 0 bridgehead atoms. The Balaban J connectivity index is 1.53. The standard InChI is InChI=1S/C22H14N6S/c1-5-23-6-2-13(1)18-9-16-20(11-25-18)27-28-22(16)19-10-15-17(26-19)3-7-24-21(15)14-4-8-29-12-14/h1-12,26H,(H,27,28). The first kappa shape index (κ1) is 16.1. The number of pyridine rings is 3. The van der Waals surface area contributed by atoms with Crippen molar-refractivity contribution in [3.05, 3.63) is 71.9 Å². The van der Waals surface area contributed by atoms with Gasteiger partial charge in [-0.2, -0.15) is 16.4 Å². The lowest BCUT2D eigenvalue weighted by Crippen LogP contribution is -1.84. The van der Waals surface area contributed by atoms with Gasteiger partial charge in [0.25, 0.3) is 0 Å². The molecular weight excluding hydrogens is 380 g/mol. The second-order valence-corrected chi connectivity index (χ2v) is 7.52. The number of nitrogens with one attached hydrogen (secondary N) is 2. The van der Waals surface area contributed by atoms with Crippen LogP contribution in [-0.4, -0.2) is 30.1 Å². The Morgan fingerprint density at radius 2 is 1.69 bits per heavy atom. The molecule has 0 aromatic carbocycles. The molecule has 0 atom stereocenters. The van der Waals surface area contributed by atoms with Crippen LogP contribution >= 0.6 is 11.3 Å². The molecule has 0 aliphatic carbocycles. The molecule has 6 rings (SSSR count). The molecule has 0 aliphatic rings. The molecule has 7 heteroatoms. The quantitative estimate of drug-likeness (QED) is 0.427. The highest BCUT2D eigenvalue weighted by Gasteiger charge is 2.15. The number of H-pyrrole nitrogens is 2. The van der Waals surface area contributed by atoms with E-state index in [9.17, 15) is 0 Å². The molecule has 138 valence electrons. The first-order valence-electron chi connectivity index (χ1n) is 9.12. The summed E-state index contributed by atoms with van der Waals surface area (Å²) < 4.78 is 0. The highest BCUT2D eigenvalue weighted by molar-refractivity contribution is 7.08. The third-order valence-electron chi connectivity index (χ3n) is 5.02. The van der Waals surface area contributed by atoms with E-state index < -0.39 is 0 Å². The van der Waals surface area contributed by atoms with E-state index in [-0.39, 0.29) is 0 Å². The molecule has 0 radical (unpaired) electrons. The van der Waals surface area contributed by atoms with Crippen LogP contribution in [0.15, 0.2) is 71.9 Å². The summed E-state index contributed by atoms with van der Waals surface area (Å²) in [5, 5.41) is 13.9.